The number of ether oxygens (including phenoxy) is 2. The molecule has 0 aromatic rings. The highest BCUT2D eigenvalue weighted by molar-refractivity contribution is 5.84. The summed E-state index contributed by atoms with van der Waals surface area (Å²) < 4.78 is 10.2. The van der Waals surface area contributed by atoms with Gasteiger partial charge in [0.05, 0.1) is 12.7 Å². The molecule has 1 atom stereocenters. The van der Waals surface area contributed by atoms with E-state index in [9.17, 15) is 4.79 Å². The molecule has 2 saturated heterocycles. The summed E-state index contributed by atoms with van der Waals surface area (Å²) in [5.41, 5.74) is 0. The number of unbranched alkanes of at least 4 members (excludes halogenated alkanes) is 9. The van der Waals surface area contributed by atoms with E-state index >= 15 is 0 Å². The number of carboxylic acid groups (broad SMARTS) is 1. The van der Waals surface area contributed by atoms with Crippen LogP contribution < -0.4 is 0 Å². The minimum atomic E-state index is -1.25. The minimum absolute atomic E-state index is 0.139. The van der Waals surface area contributed by atoms with E-state index in [1.165, 1.54) is 51.9 Å². The van der Waals surface area contributed by atoms with E-state index in [4.69, 9.17) is 24.8 Å². The molecule has 3 N–H and O–H groups in total. The van der Waals surface area contributed by atoms with Gasteiger partial charge in [0.1, 0.15) is 0 Å². The Balaban J connectivity index is 0.000000646. The summed E-state index contributed by atoms with van der Waals surface area (Å²) in [6, 6.07) is 0. The Hall–Kier alpha value is -0.950. The van der Waals surface area contributed by atoms with Crippen molar-refractivity contribution in [3.05, 3.63) is 12.2 Å². The molecule has 2 heterocycles. The van der Waals surface area contributed by atoms with Gasteiger partial charge < -0.3 is 15.3 Å². The number of aliphatic hydroxyl groups excluding tert-OH is 2. The summed E-state index contributed by atoms with van der Waals surface area (Å²) >= 11 is 0. The first kappa shape index (κ1) is 24.1. The van der Waals surface area contributed by atoms with Crippen molar-refractivity contribution in [2.24, 2.45) is 0 Å². The molecule has 0 aromatic heterocycles. The molecule has 2 rings (SSSR count). The first-order valence-electron chi connectivity index (χ1n) is 10.5. The number of aliphatic carboxylic acids is 1. The number of hydrogen-bond donors (Lipinski definition) is 3. The Kier molecular flexibility index (Phi) is 11.1. The highest BCUT2D eigenvalue weighted by atomic mass is 17.1. The zero-order valence-electron chi connectivity index (χ0n) is 17.0. The van der Waals surface area contributed by atoms with Gasteiger partial charge in [-0.05, 0) is 39.0 Å². The molecule has 0 amide bonds. The number of carbonyl (C=O) groups is 1. The van der Waals surface area contributed by atoms with Crippen LogP contribution in [0.4, 0.5) is 0 Å². The maximum atomic E-state index is 10.8. The van der Waals surface area contributed by atoms with Crippen LogP contribution in [0.15, 0.2) is 12.2 Å². The third-order valence-electron chi connectivity index (χ3n) is 4.85. The standard InChI is InChI=1S/C18H30O4.C3H8O2/c1-2-3-4-5-6-7-8-9-10-11-12-13-14-15-17-18(21-17,22-17)16(19)20;1-3(5)2-4/h9-10H,2-8,11-15H2,1H3,(H,19,20);3-5H,2H2,1H3/b10-9-;. The van der Waals surface area contributed by atoms with Crippen molar-refractivity contribution in [1.29, 1.82) is 0 Å². The van der Waals surface area contributed by atoms with Gasteiger partial charge in [-0.15, -0.1) is 0 Å². The molecule has 1 unspecified atom stereocenters. The maximum Gasteiger partial charge on any atom is 0.370 e. The summed E-state index contributed by atoms with van der Waals surface area (Å²) in [5.74, 6) is -2.97. The molecule has 0 saturated carbocycles. The fourth-order valence-electron chi connectivity index (χ4n) is 3.01. The Morgan fingerprint density at radius 3 is 1.89 bits per heavy atom. The van der Waals surface area contributed by atoms with Crippen LogP contribution >= 0.6 is 0 Å². The van der Waals surface area contributed by atoms with Crippen LogP contribution in [0.3, 0.4) is 0 Å². The smallest absolute Gasteiger partial charge is 0.370 e. The SMILES string of the molecule is CC(O)CO.CCCCCCCC/C=C\CCCCCC12OC1(C(=O)O)O2. The number of allylic oxidation sites excluding steroid dienone is 2. The fraction of sp³-hybridized carbons (Fsp3) is 0.857. The van der Waals surface area contributed by atoms with Crippen molar-refractivity contribution in [3.63, 3.8) is 0 Å². The lowest BCUT2D eigenvalue weighted by Gasteiger charge is -2.00. The third kappa shape index (κ3) is 8.30. The van der Waals surface area contributed by atoms with Crippen molar-refractivity contribution in [3.8, 4) is 0 Å². The van der Waals surface area contributed by atoms with Crippen molar-refractivity contribution >= 4 is 5.97 Å². The van der Waals surface area contributed by atoms with Gasteiger partial charge in [-0.2, -0.15) is 0 Å². The van der Waals surface area contributed by atoms with Gasteiger partial charge in [0.15, 0.2) is 0 Å². The van der Waals surface area contributed by atoms with Crippen molar-refractivity contribution < 1.29 is 29.6 Å². The van der Waals surface area contributed by atoms with Crippen molar-refractivity contribution in [2.75, 3.05) is 6.61 Å². The lowest BCUT2D eigenvalue weighted by atomic mass is 10.1. The van der Waals surface area contributed by atoms with Gasteiger partial charge in [0, 0.05) is 6.42 Å². The van der Waals surface area contributed by atoms with Gasteiger partial charge in [0.25, 0.3) is 0 Å². The number of aliphatic hydroxyl groups is 2. The molecule has 6 heteroatoms. The Morgan fingerprint density at radius 1 is 0.963 bits per heavy atom. The topological polar surface area (TPSA) is 103 Å². The predicted octanol–water partition coefficient (Wildman–Crippen LogP) is 4.14. The van der Waals surface area contributed by atoms with E-state index in [2.05, 4.69) is 19.1 Å². The fourth-order valence-corrected chi connectivity index (χ4v) is 3.01. The Labute approximate surface area is 163 Å². The minimum Gasteiger partial charge on any atom is -0.477 e. The summed E-state index contributed by atoms with van der Waals surface area (Å²) in [5, 5.41) is 24.9. The second-order valence-corrected chi connectivity index (χ2v) is 7.54. The summed E-state index contributed by atoms with van der Waals surface area (Å²) in [6.45, 7) is 3.64. The quantitative estimate of drug-likeness (QED) is 0.222. The van der Waals surface area contributed by atoms with Crippen LogP contribution in [0, 0.1) is 0 Å². The lowest BCUT2D eigenvalue weighted by molar-refractivity contribution is -0.166. The second kappa shape index (κ2) is 12.5. The van der Waals surface area contributed by atoms with E-state index in [1.54, 1.807) is 0 Å². The van der Waals surface area contributed by atoms with Gasteiger partial charge in [-0.25, -0.2) is 4.79 Å². The first-order chi connectivity index (χ1) is 12.9. The third-order valence-corrected chi connectivity index (χ3v) is 4.85. The van der Waals surface area contributed by atoms with Crippen LogP contribution in [-0.4, -0.2) is 45.6 Å². The molecule has 0 aromatic carbocycles. The van der Waals surface area contributed by atoms with E-state index in [-0.39, 0.29) is 6.61 Å². The molecular formula is C21H38O6. The van der Waals surface area contributed by atoms with E-state index in [1.807, 2.05) is 0 Å². The van der Waals surface area contributed by atoms with Crippen molar-refractivity contribution in [1.82, 2.24) is 0 Å². The molecule has 0 bridgehead atoms. The number of rotatable bonds is 15. The van der Waals surface area contributed by atoms with Gasteiger partial charge in [-0.3, -0.25) is 9.47 Å². The van der Waals surface area contributed by atoms with Crippen LogP contribution in [0.25, 0.3) is 0 Å². The van der Waals surface area contributed by atoms with Crippen LogP contribution in [0.1, 0.15) is 90.9 Å². The molecule has 0 aliphatic carbocycles. The summed E-state index contributed by atoms with van der Waals surface area (Å²) in [7, 11) is 0. The zero-order valence-corrected chi connectivity index (χ0v) is 17.0. The van der Waals surface area contributed by atoms with Crippen molar-refractivity contribution in [2.45, 2.75) is 109 Å². The molecule has 2 aliphatic rings. The Morgan fingerprint density at radius 2 is 1.44 bits per heavy atom. The summed E-state index contributed by atoms with van der Waals surface area (Å²) in [6.07, 6.45) is 18.4. The molecular weight excluding hydrogens is 348 g/mol. The zero-order chi connectivity index (χ0) is 20.2. The van der Waals surface area contributed by atoms with E-state index < -0.39 is 23.6 Å². The van der Waals surface area contributed by atoms with E-state index in [0.717, 1.165) is 25.7 Å². The molecule has 27 heavy (non-hydrogen) atoms. The average Bonchev–Trinajstić information content (AvgIpc) is 3.47. The van der Waals surface area contributed by atoms with Crippen LogP contribution in [0.5, 0.6) is 0 Å². The second-order valence-electron chi connectivity index (χ2n) is 7.54. The highest BCUT2D eigenvalue weighted by Crippen LogP contribution is 2.69. The molecule has 158 valence electrons. The monoisotopic (exact) mass is 386 g/mol. The lowest BCUT2D eigenvalue weighted by Crippen LogP contribution is -2.13. The highest BCUT2D eigenvalue weighted by Gasteiger charge is 2.95. The molecule has 0 radical (unpaired) electrons. The normalized spacial score (nSPS) is 26.2. The maximum absolute atomic E-state index is 10.8. The number of carboxylic acids is 1. The molecule has 0 spiro atoms. The van der Waals surface area contributed by atoms with E-state index in [0.29, 0.717) is 6.42 Å². The average molecular weight is 387 g/mol. The van der Waals surface area contributed by atoms with Gasteiger partial charge in [0.2, 0.25) is 5.79 Å². The molecule has 2 fully saturated rings. The molecule has 6 nitrogen and oxygen atoms in total. The van der Waals surface area contributed by atoms with Crippen LogP contribution in [0.2, 0.25) is 0 Å². The number of fused-ring (bicyclic) bond motifs is 1. The predicted molar refractivity (Wildman–Crippen MR) is 104 cm³/mol. The number of epoxide rings is 2. The largest absolute Gasteiger partial charge is 0.477 e. The number of hydrogen-bond acceptors (Lipinski definition) is 5. The van der Waals surface area contributed by atoms with Gasteiger partial charge in [-0.1, -0.05) is 57.6 Å². The van der Waals surface area contributed by atoms with Crippen LogP contribution in [-0.2, 0) is 14.3 Å². The summed E-state index contributed by atoms with van der Waals surface area (Å²) in [4.78, 5) is 10.8. The first-order valence-corrected chi connectivity index (χ1v) is 10.5. The molecule has 2 aliphatic heterocycles. The van der Waals surface area contributed by atoms with Gasteiger partial charge >= 0.3 is 11.8 Å². The Bertz CT molecular complexity index is 440.